The third-order valence-corrected chi connectivity index (χ3v) is 3.89. The van der Waals surface area contributed by atoms with E-state index in [4.69, 9.17) is 0 Å². The number of hydrogen-bond acceptors (Lipinski definition) is 2. The predicted octanol–water partition coefficient (Wildman–Crippen LogP) is 1.83. The van der Waals surface area contributed by atoms with Gasteiger partial charge in [0, 0.05) is 36.7 Å². The SMILES string of the molecule is O=C(NCC(=O)N1CCCC1)c1ccc(-n2cccc2)cc1. The molecule has 1 aliphatic heterocycles. The number of carbonyl (C=O) groups is 2. The lowest BCUT2D eigenvalue weighted by Crippen LogP contribution is -2.38. The van der Waals surface area contributed by atoms with E-state index in [0.717, 1.165) is 31.6 Å². The highest BCUT2D eigenvalue weighted by atomic mass is 16.2. The minimum absolute atomic E-state index is 0.00480. The summed E-state index contributed by atoms with van der Waals surface area (Å²) in [6.07, 6.45) is 6.01. The molecule has 0 unspecified atom stereocenters. The first-order valence-electron chi connectivity index (χ1n) is 7.53. The normalized spacial score (nSPS) is 14.1. The van der Waals surface area contributed by atoms with Gasteiger partial charge in [0.05, 0.1) is 6.54 Å². The van der Waals surface area contributed by atoms with Crippen molar-refractivity contribution in [3.05, 3.63) is 54.4 Å². The average Bonchev–Trinajstić information content (AvgIpc) is 3.25. The van der Waals surface area contributed by atoms with Crippen LogP contribution < -0.4 is 5.32 Å². The third kappa shape index (κ3) is 3.19. The zero-order valence-electron chi connectivity index (χ0n) is 12.4. The van der Waals surface area contributed by atoms with E-state index < -0.39 is 0 Å². The van der Waals surface area contributed by atoms with Crippen molar-refractivity contribution >= 4 is 11.8 Å². The van der Waals surface area contributed by atoms with Crippen molar-refractivity contribution in [2.75, 3.05) is 19.6 Å². The van der Waals surface area contributed by atoms with Gasteiger partial charge in [0.2, 0.25) is 5.91 Å². The molecule has 5 nitrogen and oxygen atoms in total. The summed E-state index contributed by atoms with van der Waals surface area (Å²) in [5, 5.41) is 2.69. The minimum atomic E-state index is -0.216. The van der Waals surface area contributed by atoms with Gasteiger partial charge in [0.15, 0.2) is 0 Å². The summed E-state index contributed by atoms with van der Waals surface area (Å²) in [4.78, 5) is 25.8. The van der Waals surface area contributed by atoms with E-state index >= 15 is 0 Å². The molecular weight excluding hydrogens is 278 g/mol. The first kappa shape index (κ1) is 14.4. The molecule has 3 rings (SSSR count). The van der Waals surface area contributed by atoms with E-state index in [1.807, 2.05) is 41.2 Å². The molecule has 2 amide bonds. The Morgan fingerprint density at radius 2 is 1.64 bits per heavy atom. The fraction of sp³-hybridized carbons (Fsp3) is 0.294. The van der Waals surface area contributed by atoms with Crippen LogP contribution in [0, 0.1) is 0 Å². The fourth-order valence-corrected chi connectivity index (χ4v) is 2.63. The molecule has 1 saturated heterocycles. The van der Waals surface area contributed by atoms with Crippen LogP contribution in [0.15, 0.2) is 48.8 Å². The van der Waals surface area contributed by atoms with Crippen LogP contribution in [0.5, 0.6) is 0 Å². The number of benzene rings is 1. The van der Waals surface area contributed by atoms with E-state index in [1.54, 1.807) is 17.0 Å². The van der Waals surface area contributed by atoms with Gasteiger partial charge in [-0.3, -0.25) is 9.59 Å². The van der Waals surface area contributed by atoms with Gasteiger partial charge in [-0.15, -0.1) is 0 Å². The number of nitrogens with one attached hydrogen (secondary N) is 1. The summed E-state index contributed by atoms with van der Waals surface area (Å²) in [5.74, 6) is -0.221. The maximum Gasteiger partial charge on any atom is 0.251 e. The molecule has 1 N–H and O–H groups in total. The number of likely N-dealkylation sites (tertiary alicyclic amines) is 1. The van der Waals surface area contributed by atoms with Crippen molar-refractivity contribution < 1.29 is 9.59 Å². The van der Waals surface area contributed by atoms with Crippen LogP contribution in [-0.2, 0) is 4.79 Å². The highest BCUT2D eigenvalue weighted by Crippen LogP contribution is 2.10. The molecule has 0 radical (unpaired) electrons. The van der Waals surface area contributed by atoms with Crippen LogP contribution in [0.3, 0.4) is 0 Å². The van der Waals surface area contributed by atoms with Crippen molar-refractivity contribution in [1.29, 1.82) is 0 Å². The molecule has 2 aromatic rings. The van der Waals surface area contributed by atoms with Gasteiger partial charge in [-0.05, 0) is 49.2 Å². The maximum absolute atomic E-state index is 12.1. The molecule has 0 atom stereocenters. The highest BCUT2D eigenvalue weighted by Gasteiger charge is 2.18. The van der Waals surface area contributed by atoms with Gasteiger partial charge in [0.1, 0.15) is 0 Å². The van der Waals surface area contributed by atoms with E-state index in [2.05, 4.69) is 5.32 Å². The molecule has 114 valence electrons. The van der Waals surface area contributed by atoms with Gasteiger partial charge in [-0.1, -0.05) is 0 Å². The topological polar surface area (TPSA) is 54.3 Å². The summed E-state index contributed by atoms with van der Waals surface area (Å²) in [6, 6.07) is 11.2. The molecule has 2 heterocycles. The molecule has 0 saturated carbocycles. The zero-order valence-corrected chi connectivity index (χ0v) is 12.4. The smallest absolute Gasteiger partial charge is 0.251 e. The standard InChI is InChI=1S/C17H19N3O2/c21-16(20-11-3-4-12-20)13-18-17(22)14-5-7-15(8-6-14)19-9-1-2-10-19/h1-2,5-10H,3-4,11-13H2,(H,18,22). The van der Waals surface area contributed by atoms with Crippen LogP contribution in [0.2, 0.25) is 0 Å². The Morgan fingerprint density at radius 3 is 2.27 bits per heavy atom. The Labute approximate surface area is 129 Å². The lowest BCUT2D eigenvalue weighted by Gasteiger charge is -2.15. The summed E-state index contributed by atoms with van der Waals surface area (Å²) in [6.45, 7) is 1.68. The largest absolute Gasteiger partial charge is 0.343 e. The van der Waals surface area contributed by atoms with Crippen LogP contribution in [0.4, 0.5) is 0 Å². The van der Waals surface area contributed by atoms with Crippen LogP contribution in [0.1, 0.15) is 23.2 Å². The second kappa shape index (κ2) is 6.47. The molecule has 1 aliphatic rings. The molecule has 5 heteroatoms. The van der Waals surface area contributed by atoms with Gasteiger partial charge < -0.3 is 14.8 Å². The van der Waals surface area contributed by atoms with Gasteiger partial charge >= 0.3 is 0 Å². The Bertz CT molecular complexity index is 641. The second-order valence-corrected chi connectivity index (χ2v) is 5.41. The van der Waals surface area contributed by atoms with Crippen molar-refractivity contribution in [3.8, 4) is 5.69 Å². The number of carbonyl (C=O) groups excluding carboxylic acids is 2. The fourth-order valence-electron chi connectivity index (χ4n) is 2.63. The molecular formula is C17H19N3O2. The Hall–Kier alpha value is -2.56. The quantitative estimate of drug-likeness (QED) is 0.936. The molecule has 0 bridgehead atoms. The van der Waals surface area contributed by atoms with Crippen LogP contribution in [0.25, 0.3) is 5.69 Å². The van der Waals surface area contributed by atoms with Gasteiger partial charge in [-0.2, -0.15) is 0 Å². The first-order chi connectivity index (χ1) is 10.7. The lowest BCUT2D eigenvalue weighted by molar-refractivity contribution is -0.129. The zero-order chi connectivity index (χ0) is 15.4. The van der Waals surface area contributed by atoms with E-state index in [9.17, 15) is 9.59 Å². The van der Waals surface area contributed by atoms with Crippen molar-refractivity contribution in [2.24, 2.45) is 0 Å². The van der Waals surface area contributed by atoms with E-state index in [-0.39, 0.29) is 18.4 Å². The number of aromatic nitrogens is 1. The number of rotatable bonds is 4. The molecule has 1 aromatic carbocycles. The molecule has 22 heavy (non-hydrogen) atoms. The van der Waals surface area contributed by atoms with Gasteiger partial charge in [-0.25, -0.2) is 0 Å². The molecule has 1 fully saturated rings. The average molecular weight is 297 g/mol. The number of hydrogen-bond donors (Lipinski definition) is 1. The van der Waals surface area contributed by atoms with Crippen LogP contribution >= 0.6 is 0 Å². The Morgan fingerprint density at radius 1 is 1.00 bits per heavy atom. The highest BCUT2D eigenvalue weighted by molar-refractivity contribution is 5.96. The monoisotopic (exact) mass is 297 g/mol. The lowest BCUT2D eigenvalue weighted by atomic mass is 10.2. The maximum atomic E-state index is 12.1. The Kier molecular flexibility index (Phi) is 4.23. The first-order valence-corrected chi connectivity index (χ1v) is 7.53. The van der Waals surface area contributed by atoms with Crippen LogP contribution in [-0.4, -0.2) is 40.9 Å². The summed E-state index contributed by atoms with van der Waals surface area (Å²) in [5.41, 5.74) is 1.56. The Balaban J connectivity index is 1.57. The predicted molar refractivity (Wildman–Crippen MR) is 83.9 cm³/mol. The van der Waals surface area contributed by atoms with E-state index in [1.165, 1.54) is 0 Å². The number of nitrogens with zero attached hydrogens (tertiary/aromatic N) is 2. The third-order valence-electron chi connectivity index (χ3n) is 3.89. The molecule has 1 aromatic heterocycles. The van der Waals surface area contributed by atoms with Crippen molar-refractivity contribution in [2.45, 2.75) is 12.8 Å². The minimum Gasteiger partial charge on any atom is -0.343 e. The second-order valence-electron chi connectivity index (χ2n) is 5.41. The van der Waals surface area contributed by atoms with Crippen molar-refractivity contribution in [3.63, 3.8) is 0 Å². The number of amides is 2. The summed E-state index contributed by atoms with van der Waals surface area (Å²) in [7, 11) is 0. The summed E-state index contributed by atoms with van der Waals surface area (Å²) >= 11 is 0. The molecule has 0 aliphatic carbocycles. The van der Waals surface area contributed by atoms with Crippen molar-refractivity contribution in [1.82, 2.24) is 14.8 Å². The molecule has 0 spiro atoms. The van der Waals surface area contributed by atoms with E-state index in [0.29, 0.717) is 5.56 Å². The van der Waals surface area contributed by atoms with Gasteiger partial charge in [0.25, 0.3) is 5.91 Å². The summed E-state index contributed by atoms with van der Waals surface area (Å²) < 4.78 is 1.97.